The minimum absolute atomic E-state index is 0.174. The number of hydrogen-bond donors (Lipinski definition) is 0. The first-order valence-electron chi connectivity index (χ1n) is 4.58. The van der Waals surface area contributed by atoms with E-state index in [0.29, 0.717) is 13.2 Å². The van der Waals surface area contributed by atoms with E-state index in [1.165, 1.54) is 0 Å². The Kier molecular flexibility index (Phi) is 2.28. The predicted molar refractivity (Wildman–Crippen MR) is 52.4 cm³/mol. The molecule has 0 saturated heterocycles. The zero-order valence-corrected chi connectivity index (χ0v) is 7.99. The lowest BCUT2D eigenvalue weighted by Gasteiger charge is -2.20. The fourth-order valence-corrected chi connectivity index (χ4v) is 1.49. The van der Waals surface area contributed by atoms with Crippen molar-refractivity contribution >= 4 is 0 Å². The minimum Gasteiger partial charge on any atom is -0.486 e. The molecule has 3 heteroatoms. The molecule has 1 aromatic carbocycles. The smallest absolute Gasteiger partial charge is 0.249 e. The van der Waals surface area contributed by atoms with E-state index in [0.717, 1.165) is 17.1 Å². The molecule has 1 atom stereocenters. The second-order valence-corrected chi connectivity index (χ2v) is 3.18. The Balaban J connectivity index is 2.46. The molecule has 1 aliphatic heterocycles. The Bertz CT molecular complexity index is 381. The SMILES string of the molecule is [C-]#[N+]C(C)c1cccc2c1OCCO2. The predicted octanol–water partition coefficient (Wildman–Crippen LogP) is 2.44. The molecule has 2 rings (SSSR count). The maximum absolute atomic E-state index is 6.99. The number of hydrogen-bond acceptors (Lipinski definition) is 2. The van der Waals surface area contributed by atoms with Gasteiger partial charge in [-0.25, -0.2) is 6.57 Å². The van der Waals surface area contributed by atoms with E-state index in [4.69, 9.17) is 16.0 Å². The summed E-state index contributed by atoms with van der Waals surface area (Å²) in [5.74, 6) is 1.49. The summed E-state index contributed by atoms with van der Waals surface area (Å²) in [4.78, 5) is 3.48. The second-order valence-electron chi connectivity index (χ2n) is 3.18. The highest BCUT2D eigenvalue weighted by Crippen LogP contribution is 2.37. The zero-order valence-electron chi connectivity index (χ0n) is 7.99. The van der Waals surface area contributed by atoms with E-state index in [2.05, 4.69) is 4.85 Å². The van der Waals surface area contributed by atoms with Crippen molar-refractivity contribution in [2.75, 3.05) is 13.2 Å². The lowest BCUT2D eigenvalue weighted by atomic mass is 10.1. The molecule has 0 aliphatic carbocycles. The summed E-state index contributed by atoms with van der Waals surface area (Å²) < 4.78 is 10.9. The van der Waals surface area contributed by atoms with Gasteiger partial charge in [0.25, 0.3) is 0 Å². The highest BCUT2D eigenvalue weighted by atomic mass is 16.6. The molecule has 14 heavy (non-hydrogen) atoms. The molecule has 1 aromatic rings. The highest BCUT2D eigenvalue weighted by molar-refractivity contribution is 5.49. The number of ether oxygens (including phenoxy) is 2. The van der Waals surface area contributed by atoms with Crippen molar-refractivity contribution in [2.24, 2.45) is 0 Å². The van der Waals surface area contributed by atoms with Crippen LogP contribution in [0.3, 0.4) is 0 Å². The van der Waals surface area contributed by atoms with Crippen LogP contribution in [-0.2, 0) is 0 Å². The third-order valence-corrected chi connectivity index (χ3v) is 2.24. The Labute approximate surface area is 83.1 Å². The number of benzene rings is 1. The average Bonchev–Trinajstić information content (AvgIpc) is 2.27. The number of para-hydroxylation sites is 1. The van der Waals surface area contributed by atoms with Crippen LogP contribution in [0.5, 0.6) is 11.5 Å². The van der Waals surface area contributed by atoms with Gasteiger partial charge in [-0.2, -0.15) is 0 Å². The third kappa shape index (κ3) is 1.39. The van der Waals surface area contributed by atoms with Crippen LogP contribution < -0.4 is 9.47 Å². The molecule has 0 fully saturated rings. The van der Waals surface area contributed by atoms with Crippen LogP contribution in [0.4, 0.5) is 0 Å². The van der Waals surface area contributed by atoms with Gasteiger partial charge in [0.1, 0.15) is 13.2 Å². The van der Waals surface area contributed by atoms with E-state index in [1.807, 2.05) is 25.1 Å². The number of rotatable bonds is 1. The Hall–Kier alpha value is -1.69. The molecule has 1 aliphatic rings. The van der Waals surface area contributed by atoms with Crippen LogP contribution in [0.2, 0.25) is 0 Å². The van der Waals surface area contributed by atoms with E-state index in [1.54, 1.807) is 0 Å². The monoisotopic (exact) mass is 189 g/mol. The Morgan fingerprint density at radius 2 is 2.14 bits per heavy atom. The topological polar surface area (TPSA) is 22.8 Å². The van der Waals surface area contributed by atoms with E-state index in [-0.39, 0.29) is 6.04 Å². The Morgan fingerprint density at radius 3 is 2.93 bits per heavy atom. The molecular formula is C11H11NO2. The summed E-state index contributed by atoms with van der Waals surface area (Å²) in [6.07, 6.45) is 0. The molecule has 72 valence electrons. The van der Waals surface area contributed by atoms with Gasteiger partial charge in [-0.15, -0.1) is 0 Å². The summed E-state index contributed by atoms with van der Waals surface area (Å²) in [5.41, 5.74) is 0.914. The minimum atomic E-state index is -0.174. The molecule has 0 spiro atoms. The van der Waals surface area contributed by atoms with E-state index >= 15 is 0 Å². The lowest BCUT2D eigenvalue weighted by molar-refractivity contribution is 0.169. The average molecular weight is 189 g/mol. The van der Waals surface area contributed by atoms with Gasteiger partial charge in [0.05, 0.1) is 5.56 Å². The van der Waals surface area contributed by atoms with Gasteiger partial charge in [0.2, 0.25) is 6.04 Å². The summed E-state index contributed by atoms with van der Waals surface area (Å²) in [5, 5.41) is 0. The maximum atomic E-state index is 6.99. The van der Waals surface area contributed by atoms with Crippen molar-refractivity contribution in [3.8, 4) is 11.5 Å². The van der Waals surface area contributed by atoms with Crippen molar-refractivity contribution in [1.29, 1.82) is 0 Å². The highest BCUT2D eigenvalue weighted by Gasteiger charge is 2.21. The molecule has 1 heterocycles. The fourth-order valence-electron chi connectivity index (χ4n) is 1.49. The van der Waals surface area contributed by atoms with Gasteiger partial charge in [0, 0.05) is 6.92 Å². The first kappa shape index (κ1) is 8.89. The summed E-state index contributed by atoms with van der Waals surface area (Å²) in [7, 11) is 0. The van der Waals surface area contributed by atoms with E-state index < -0.39 is 0 Å². The standard InChI is InChI=1S/C11H11NO2/c1-8(12-2)9-4-3-5-10-11(9)14-7-6-13-10/h3-5,8H,6-7H2,1H3. The van der Waals surface area contributed by atoms with Crippen molar-refractivity contribution in [3.05, 3.63) is 35.2 Å². The molecule has 0 aromatic heterocycles. The maximum Gasteiger partial charge on any atom is 0.249 e. The normalized spacial score (nSPS) is 15.7. The van der Waals surface area contributed by atoms with Crippen molar-refractivity contribution in [2.45, 2.75) is 13.0 Å². The second kappa shape index (κ2) is 3.59. The van der Waals surface area contributed by atoms with Crippen LogP contribution in [0.15, 0.2) is 18.2 Å². The van der Waals surface area contributed by atoms with Gasteiger partial charge in [-0.1, -0.05) is 6.07 Å². The van der Waals surface area contributed by atoms with Crippen molar-refractivity contribution in [3.63, 3.8) is 0 Å². The molecule has 0 N–H and O–H groups in total. The molecule has 1 unspecified atom stereocenters. The molecule has 0 amide bonds. The van der Waals surface area contributed by atoms with Gasteiger partial charge in [-0.3, -0.25) is 0 Å². The quantitative estimate of drug-likeness (QED) is 0.633. The first-order valence-corrected chi connectivity index (χ1v) is 4.58. The zero-order chi connectivity index (χ0) is 9.97. The molecule has 0 radical (unpaired) electrons. The van der Waals surface area contributed by atoms with Crippen molar-refractivity contribution < 1.29 is 9.47 Å². The van der Waals surface area contributed by atoms with Gasteiger partial charge >= 0.3 is 0 Å². The number of nitrogens with zero attached hydrogens (tertiary/aromatic N) is 1. The fraction of sp³-hybridized carbons (Fsp3) is 0.364. The summed E-state index contributed by atoms with van der Waals surface area (Å²) in [6, 6.07) is 5.50. The summed E-state index contributed by atoms with van der Waals surface area (Å²) in [6.45, 7) is 10.0. The van der Waals surface area contributed by atoms with Crippen LogP contribution in [-0.4, -0.2) is 13.2 Å². The first-order chi connectivity index (χ1) is 6.83. The van der Waals surface area contributed by atoms with Gasteiger partial charge in [-0.05, 0) is 12.1 Å². The van der Waals surface area contributed by atoms with Crippen molar-refractivity contribution in [1.82, 2.24) is 0 Å². The van der Waals surface area contributed by atoms with E-state index in [9.17, 15) is 0 Å². The van der Waals surface area contributed by atoms with Crippen LogP contribution in [0.25, 0.3) is 4.85 Å². The molecule has 0 saturated carbocycles. The molecule has 0 bridgehead atoms. The largest absolute Gasteiger partial charge is 0.486 e. The van der Waals surface area contributed by atoms with Crippen LogP contribution in [0.1, 0.15) is 18.5 Å². The molecular weight excluding hydrogens is 178 g/mol. The van der Waals surface area contributed by atoms with Crippen LogP contribution in [0, 0.1) is 6.57 Å². The molecule has 3 nitrogen and oxygen atoms in total. The third-order valence-electron chi connectivity index (χ3n) is 2.24. The van der Waals surface area contributed by atoms with Crippen LogP contribution >= 0.6 is 0 Å². The van der Waals surface area contributed by atoms with Gasteiger partial charge < -0.3 is 14.3 Å². The number of fused-ring (bicyclic) bond motifs is 1. The Morgan fingerprint density at radius 1 is 1.36 bits per heavy atom. The lowest BCUT2D eigenvalue weighted by Crippen LogP contribution is -2.16. The van der Waals surface area contributed by atoms with Gasteiger partial charge in [0.15, 0.2) is 11.5 Å². The summed E-state index contributed by atoms with van der Waals surface area (Å²) >= 11 is 0.